The van der Waals surface area contributed by atoms with Gasteiger partial charge >= 0.3 is 0 Å². The third-order valence-corrected chi connectivity index (χ3v) is 3.28. The van der Waals surface area contributed by atoms with E-state index in [1.54, 1.807) is 0 Å². The van der Waals surface area contributed by atoms with E-state index in [9.17, 15) is 0 Å². The number of aliphatic imine (C=N–C) groups is 2. The summed E-state index contributed by atoms with van der Waals surface area (Å²) >= 11 is 5.24. The molecule has 0 amide bonds. The van der Waals surface area contributed by atoms with E-state index in [0.29, 0.717) is 4.99 Å². The van der Waals surface area contributed by atoms with Crippen LogP contribution in [0.4, 0.5) is 5.69 Å². The number of aryl methyl sites for hydroxylation is 1. The van der Waals surface area contributed by atoms with Crippen LogP contribution in [0.5, 0.6) is 0 Å². The van der Waals surface area contributed by atoms with E-state index in [-0.39, 0.29) is 11.9 Å². The van der Waals surface area contributed by atoms with Crippen molar-refractivity contribution in [3.63, 3.8) is 0 Å². The normalized spacial score (nSPS) is 19.2. The molecule has 0 fully saturated rings. The van der Waals surface area contributed by atoms with E-state index in [1.165, 1.54) is 0 Å². The van der Waals surface area contributed by atoms with Crippen molar-refractivity contribution in [2.45, 2.75) is 20.3 Å². The lowest BCUT2D eigenvalue weighted by Gasteiger charge is -2.22. The molecular formula is C13H16N4S. The third-order valence-electron chi connectivity index (χ3n) is 2.90. The first-order valence-electron chi connectivity index (χ1n) is 5.91. The van der Waals surface area contributed by atoms with Gasteiger partial charge in [-0.2, -0.15) is 4.99 Å². The fraction of sp³-hybridized carbons (Fsp3) is 0.308. The van der Waals surface area contributed by atoms with Gasteiger partial charge in [-0.15, -0.1) is 0 Å². The molecule has 3 N–H and O–H groups in total. The molecular weight excluding hydrogens is 244 g/mol. The fourth-order valence-corrected chi connectivity index (χ4v) is 2.24. The number of nitrogens with zero attached hydrogens (tertiary/aromatic N) is 2. The number of para-hydroxylation sites is 1. The smallest absolute Gasteiger partial charge is 0.222 e. The van der Waals surface area contributed by atoms with Crippen LogP contribution in [0.1, 0.15) is 18.9 Å². The van der Waals surface area contributed by atoms with Crippen molar-refractivity contribution in [1.29, 1.82) is 0 Å². The zero-order chi connectivity index (χ0) is 13.1. The molecule has 94 valence electrons. The monoisotopic (exact) mass is 260 g/mol. The molecule has 0 saturated carbocycles. The molecule has 0 radical (unpaired) electrons. The standard InChI is InChI=1S/C13H16N4S/c1-3-9-11(16-13(14)17-12(9)18)15-10-7-5-4-6-8(10)2/h4-7,9H,3H2,1-2H3,(H3,14,15,16,17,18). The third kappa shape index (κ3) is 2.56. The van der Waals surface area contributed by atoms with E-state index in [0.717, 1.165) is 23.5 Å². The summed E-state index contributed by atoms with van der Waals surface area (Å²) in [4.78, 5) is 8.91. The van der Waals surface area contributed by atoms with Crippen LogP contribution in [0.2, 0.25) is 0 Å². The summed E-state index contributed by atoms with van der Waals surface area (Å²) in [5, 5.41) is 3.31. The van der Waals surface area contributed by atoms with Crippen molar-refractivity contribution in [1.82, 2.24) is 0 Å². The van der Waals surface area contributed by atoms with Gasteiger partial charge in [-0.3, -0.25) is 0 Å². The van der Waals surface area contributed by atoms with E-state index in [1.807, 2.05) is 31.2 Å². The highest BCUT2D eigenvalue weighted by atomic mass is 32.1. The summed E-state index contributed by atoms with van der Waals surface area (Å²) in [6.07, 6.45) is 0.854. The Morgan fingerprint density at radius 3 is 2.72 bits per heavy atom. The highest BCUT2D eigenvalue weighted by molar-refractivity contribution is 7.80. The molecule has 1 heterocycles. The van der Waals surface area contributed by atoms with Crippen molar-refractivity contribution < 1.29 is 0 Å². The van der Waals surface area contributed by atoms with Gasteiger partial charge in [0.05, 0.1) is 5.92 Å². The van der Waals surface area contributed by atoms with Gasteiger partial charge in [0.15, 0.2) is 0 Å². The molecule has 1 aliphatic heterocycles. The second-order valence-corrected chi connectivity index (χ2v) is 4.62. The second kappa shape index (κ2) is 5.27. The lowest BCUT2D eigenvalue weighted by Crippen LogP contribution is -2.34. The minimum absolute atomic E-state index is 0.0342. The number of thiocarbonyl (C=S) groups is 1. The SMILES string of the molecule is CCC1C(=S)N=C(N)N=C1Nc1ccccc1C. The van der Waals surface area contributed by atoms with Crippen LogP contribution in [0.3, 0.4) is 0 Å². The number of anilines is 1. The van der Waals surface area contributed by atoms with Crippen LogP contribution in [0.15, 0.2) is 34.3 Å². The van der Waals surface area contributed by atoms with Gasteiger partial charge in [-0.05, 0) is 25.0 Å². The van der Waals surface area contributed by atoms with Crippen LogP contribution in [0, 0.1) is 12.8 Å². The van der Waals surface area contributed by atoms with E-state index >= 15 is 0 Å². The Labute approximate surface area is 112 Å². The molecule has 5 heteroatoms. The van der Waals surface area contributed by atoms with Gasteiger partial charge in [-0.25, -0.2) is 4.99 Å². The molecule has 0 aromatic heterocycles. The van der Waals surface area contributed by atoms with Crippen molar-refractivity contribution in [2.24, 2.45) is 21.6 Å². The Bertz CT molecular complexity index is 534. The van der Waals surface area contributed by atoms with Crippen LogP contribution in [-0.4, -0.2) is 16.8 Å². The van der Waals surface area contributed by atoms with Crippen LogP contribution in [-0.2, 0) is 0 Å². The summed E-state index contributed by atoms with van der Waals surface area (Å²) in [5.41, 5.74) is 7.83. The Hall–Kier alpha value is -1.75. The molecule has 1 aliphatic rings. The lowest BCUT2D eigenvalue weighted by atomic mass is 10.0. The maximum atomic E-state index is 5.66. The Kier molecular flexibility index (Phi) is 3.72. The largest absolute Gasteiger partial charge is 0.368 e. The maximum Gasteiger partial charge on any atom is 0.222 e. The Morgan fingerprint density at radius 2 is 2.06 bits per heavy atom. The summed E-state index contributed by atoms with van der Waals surface area (Å²) in [5.74, 6) is 1.04. The van der Waals surface area contributed by atoms with Crippen molar-refractivity contribution in [3.8, 4) is 0 Å². The van der Waals surface area contributed by atoms with Gasteiger partial charge in [0, 0.05) is 5.69 Å². The predicted molar refractivity (Wildman–Crippen MR) is 80.2 cm³/mol. The number of hydrogen-bond acceptors (Lipinski definition) is 4. The molecule has 0 bridgehead atoms. The van der Waals surface area contributed by atoms with Crippen LogP contribution < -0.4 is 11.1 Å². The zero-order valence-electron chi connectivity index (χ0n) is 10.5. The number of guanidine groups is 1. The van der Waals surface area contributed by atoms with Gasteiger partial charge in [0.25, 0.3) is 0 Å². The van der Waals surface area contributed by atoms with Gasteiger partial charge in [0.1, 0.15) is 10.8 Å². The Morgan fingerprint density at radius 1 is 1.33 bits per heavy atom. The number of nitrogens with two attached hydrogens (primary N) is 1. The molecule has 0 saturated heterocycles. The summed E-state index contributed by atoms with van der Waals surface area (Å²) in [7, 11) is 0. The highest BCUT2D eigenvalue weighted by Gasteiger charge is 2.23. The maximum absolute atomic E-state index is 5.66. The molecule has 1 unspecified atom stereocenters. The average Bonchev–Trinajstić information content (AvgIpc) is 2.31. The van der Waals surface area contributed by atoms with E-state index < -0.39 is 0 Å². The van der Waals surface area contributed by atoms with E-state index in [4.69, 9.17) is 18.0 Å². The van der Waals surface area contributed by atoms with Crippen molar-refractivity contribution in [2.75, 3.05) is 5.32 Å². The highest BCUT2D eigenvalue weighted by Crippen LogP contribution is 2.19. The fourth-order valence-electron chi connectivity index (χ4n) is 1.87. The number of hydrogen-bond donors (Lipinski definition) is 2. The van der Waals surface area contributed by atoms with Gasteiger partial charge in [0.2, 0.25) is 5.96 Å². The molecule has 1 aromatic rings. The second-order valence-electron chi connectivity index (χ2n) is 4.21. The number of amidine groups is 1. The molecule has 0 spiro atoms. The molecule has 18 heavy (non-hydrogen) atoms. The Balaban J connectivity index is 2.29. The summed E-state index contributed by atoms with van der Waals surface area (Å²) in [6.45, 7) is 4.10. The number of rotatable bonds is 2. The van der Waals surface area contributed by atoms with E-state index in [2.05, 4.69) is 22.2 Å². The average molecular weight is 260 g/mol. The minimum Gasteiger partial charge on any atom is -0.368 e. The molecule has 4 nitrogen and oxygen atoms in total. The lowest BCUT2D eigenvalue weighted by molar-refractivity contribution is 0.852. The molecule has 0 aliphatic carbocycles. The van der Waals surface area contributed by atoms with Gasteiger partial charge < -0.3 is 11.1 Å². The number of nitrogens with one attached hydrogen (secondary N) is 1. The first-order chi connectivity index (χ1) is 8.61. The quantitative estimate of drug-likeness (QED) is 0.803. The first-order valence-corrected chi connectivity index (χ1v) is 6.32. The summed E-state index contributed by atoms with van der Waals surface area (Å²) in [6, 6.07) is 8.04. The minimum atomic E-state index is 0.0342. The zero-order valence-corrected chi connectivity index (χ0v) is 11.3. The van der Waals surface area contributed by atoms with Gasteiger partial charge in [-0.1, -0.05) is 37.3 Å². The van der Waals surface area contributed by atoms with Crippen molar-refractivity contribution in [3.05, 3.63) is 29.8 Å². The first kappa shape index (κ1) is 12.7. The van der Waals surface area contributed by atoms with Crippen LogP contribution >= 0.6 is 12.2 Å². The van der Waals surface area contributed by atoms with Crippen molar-refractivity contribution >= 4 is 34.7 Å². The van der Waals surface area contributed by atoms with Crippen LogP contribution in [0.25, 0.3) is 0 Å². The summed E-state index contributed by atoms with van der Waals surface area (Å²) < 4.78 is 0. The predicted octanol–water partition coefficient (Wildman–Crippen LogP) is 2.49. The molecule has 1 atom stereocenters. The molecule has 2 rings (SSSR count). The number of benzene rings is 1. The topological polar surface area (TPSA) is 62.8 Å². The molecule has 1 aromatic carbocycles.